The highest BCUT2D eigenvalue weighted by Crippen LogP contribution is 2.30. The Morgan fingerprint density at radius 1 is 0.800 bits per heavy atom. The van der Waals surface area contributed by atoms with Crippen molar-refractivity contribution in [1.82, 2.24) is 9.78 Å². The first-order chi connectivity index (χ1) is 9.75. The smallest absolute Gasteiger partial charge is 0.129 e. The lowest BCUT2D eigenvalue weighted by molar-refractivity contribution is 0.580. The summed E-state index contributed by atoms with van der Waals surface area (Å²) in [5.74, 6) is 0. The molecule has 0 radical (unpaired) electrons. The van der Waals surface area contributed by atoms with Crippen LogP contribution in [0.25, 0.3) is 0 Å². The van der Waals surface area contributed by atoms with E-state index >= 15 is 0 Å². The van der Waals surface area contributed by atoms with Gasteiger partial charge in [0.1, 0.15) is 15.2 Å². The molecule has 0 N–H and O–H groups in total. The van der Waals surface area contributed by atoms with Crippen LogP contribution in [0.1, 0.15) is 17.2 Å². The fourth-order valence-electron chi connectivity index (χ4n) is 2.27. The molecule has 0 atom stereocenters. The van der Waals surface area contributed by atoms with Crippen molar-refractivity contribution in [1.29, 1.82) is 0 Å². The molecule has 0 bridgehead atoms. The van der Waals surface area contributed by atoms with E-state index in [0.29, 0.717) is 0 Å². The first kappa shape index (κ1) is 13.6. The first-order valence-electron chi connectivity index (χ1n) is 6.26. The molecule has 0 unspecified atom stereocenters. The molecule has 1 heterocycles. The van der Waals surface area contributed by atoms with Crippen LogP contribution in [0.2, 0.25) is 0 Å². The number of hydrogen-bond donors (Lipinski definition) is 0. The molecule has 1 aromatic heterocycles. The van der Waals surface area contributed by atoms with Crippen LogP contribution in [0.4, 0.5) is 0 Å². The van der Waals surface area contributed by atoms with E-state index in [-0.39, 0.29) is 6.04 Å². The highest BCUT2D eigenvalue weighted by molar-refractivity contribution is 9.11. The summed E-state index contributed by atoms with van der Waals surface area (Å²) in [5, 5.41) is 4.55. The van der Waals surface area contributed by atoms with E-state index in [2.05, 4.69) is 85.5 Å². The fourth-order valence-corrected chi connectivity index (χ4v) is 3.47. The highest BCUT2D eigenvalue weighted by atomic mass is 79.9. The van der Waals surface area contributed by atoms with E-state index in [4.69, 9.17) is 0 Å². The second kappa shape index (κ2) is 5.94. The molecule has 100 valence electrons. The number of hydrogen-bond acceptors (Lipinski definition) is 1. The number of nitrogens with zero attached hydrogens (tertiary/aromatic N) is 2. The van der Waals surface area contributed by atoms with Gasteiger partial charge in [-0.2, -0.15) is 5.10 Å². The van der Waals surface area contributed by atoms with E-state index in [1.165, 1.54) is 11.1 Å². The van der Waals surface area contributed by atoms with Gasteiger partial charge in [0.15, 0.2) is 0 Å². The maximum absolute atomic E-state index is 4.55. The second-order valence-corrected chi connectivity index (χ2v) is 6.08. The molecule has 0 fully saturated rings. The minimum atomic E-state index is 0.0538. The van der Waals surface area contributed by atoms with Crippen LogP contribution in [-0.2, 0) is 0 Å². The molecule has 0 amide bonds. The largest absolute Gasteiger partial charge is 0.245 e. The molecule has 2 nitrogen and oxygen atoms in total. The lowest BCUT2D eigenvalue weighted by Gasteiger charge is -2.19. The average Bonchev–Trinajstić information content (AvgIpc) is 2.80. The van der Waals surface area contributed by atoms with Crippen molar-refractivity contribution in [3.63, 3.8) is 0 Å². The molecule has 4 heteroatoms. The summed E-state index contributed by atoms with van der Waals surface area (Å²) in [5.41, 5.74) is 2.41. The molecule has 0 aliphatic heterocycles. The number of aromatic nitrogens is 2. The van der Waals surface area contributed by atoms with Crippen LogP contribution in [0, 0.1) is 0 Å². The number of benzene rings is 2. The molecule has 0 aliphatic carbocycles. The van der Waals surface area contributed by atoms with E-state index in [9.17, 15) is 0 Å². The predicted molar refractivity (Wildman–Crippen MR) is 87.8 cm³/mol. The van der Waals surface area contributed by atoms with Gasteiger partial charge in [-0.15, -0.1) is 0 Å². The third-order valence-corrected chi connectivity index (χ3v) is 4.12. The Morgan fingerprint density at radius 2 is 1.30 bits per heavy atom. The normalized spacial score (nSPS) is 10.9. The zero-order chi connectivity index (χ0) is 13.9. The van der Waals surface area contributed by atoms with Gasteiger partial charge in [-0.05, 0) is 43.0 Å². The van der Waals surface area contributed by atoms with E-state index < -0.39 is 0 Å². The minimum Gasteiger partial charge on any atom is -0.245 e. The molecule has 0 aliphatic rings. The molecule has 3 aromatic rings. The molecule has 20 heavy (non-hydrogen) atoms. The lowest BCUT2D eigenvalue weighted by Crippen LogP contribution is -2.14. The number of halogens is 2. The Morgan fingerprint density at radius 3 is 1.70 bits per heavy atom. The predicted octanol–water partition coefficient (Wildman–Crippen LogP) is 5.05. The Labute approximate surface area is 134 Å². The Balaban J connectivity index is 2.16. The van der Waals surface area contributed by atoms with Crippen LogP contribution in [0.3, 0.4) is 0 Å². The van der Waals surface area contributed by atoms with Crippen molar-refractivity contribution < 1.29 is 0 Å². The maximum atomic E-state index is 4.55. The van der Waals surface area contributed by atoms with Crippen molar-refractivity contribution in [3.05, 3.63) is 87.1 Å². The second-order valence-electron chi connectivity index (χ2n) is 4.46. The summed E-state index contributed by atoms with van der Waals surface area (Å²) in [6, 6.07) is 22.8. The fraction of sp³-hybridized carbons (Fsp3) is 0.0625. The lowest BCUT2D eigenvalue weighted by atomic mass is 9.99. The van der Waals surface area contributed by atoms with Gasteiger partial charge in [-0.1, -0.05) is 60.7 Å². The molecule has 3 rings (SSSR count). The van der Waals surface area contributed by atoms with Crippen LogP contribution in [0.5, 0.6) is 0 Å². The third kappa shape index (κ3) is 2.72. The van der Waals surface area contributed by atoms with Gasteiger partial charge in [0, 0.05) is 6.07 Å². The topological polar surface area (TPSA) is 17.8 Å². The van der Waals surface area contributed by atoms with Gasteiger partial charge < -0.3 is 0 Å². The molecule has 2 aromatic carbocycles. The summed E-state index contributed by atoms with van der Waals surface area (Å²) >= 11 is 7.02. The molecule has 0 spiro atoms. The quantitative estimate of drug-likeness (QED) is 0.611. The monoisotopic (exact) mass is 390 g/mol. The SMILES string of the molecule is Brc1cc(Br)n(C(c2ccccc2)c2ccccc2)n1. The van der Waals surface area contributed by atoms with Gasteiger partial charge in [0.05, 0.1) is 0 Å². The van der Waals surface area contributed by atoms with Gasteiger partial charge >= 0.3 is 0 Å². The van der Waals surface area contributed by atoms with Gasteiger partial charge in [-0.3, -0.25) is 0 Å². The van der Waals surface area contributed by atoms with Crippen LogP contribution < -0.4 is 0 Å². The van der Waals surface area contributed by atoms with E-state index in [1.54, 1.807) is 0 Å². The van der Waals surface area contributed by atoms with Crippen LogP contribution in [-0.4, -0.2) is 9.78 Å². The van der Waals surface area contributed by atoms with Crippen molar-refractivity contribution in [3.8, 4) is 0 Å². The van der Waals surface area contributed by atoms with E-state index in [1.807, 2.05) is 22.9 Å². The number of rotatable bonds is 3. The van der Waals surface area contributed by atoms with Gasteiger partial charge in [0.2, 0.25) is 0 Å². The Kier molecular flexibility index (Phi) is 4.03. The zero-order valence-corrected chi connectivity index (χ0v) is 13.8. The Bertz CT molecular complexity index is 654. The molecule has 0 saturated heterocycles. The Hall–Kier alpha value is -1.39. The summed E-state index contributed by atoms with van der Waals surface area (Å²) in [6.07, 6.45) is 0. The first-order valence-corrected chi connectivity index (χ1v) is 7.85. The van der Waals surface area contributed by atoms with Gasteiger partial charge in [0.25, 0.3) is 0 Å². The summed E-state index contributed by atoms with van der Waals surface area (Å²) in [6.45, 7) is 0. The summed E-state index contributed by atoms with van der Waals surface area (Å²) in [7, 11) is 0. The summed E-state index contributed by atoms with van der Waals surface area (Å²) < 4.78 is 3.75. The van der Waals surface area contributed by atoms with Crippen molar-refractivity contribution in [2.75, 3.05) is 0 Å². The minimum absolute atomic E-state index is 0.0538. The third-order valence-electron chi connectivity index (χ3n) is 3.14. The average molecular weight is 392 g/mol. The van der Waals surface area contributed by atoms with Crippen LogP contribution in [0.15, 0.2) is 75.9 Å². The van der Waals surface area contributed by atoms with E-state index in [0.717, 1.165) is 9.21 Å². The van der Waals surface area contributed by atoms with Crippen molar-refractivity contribution in [2.24, 2.45) is 0 Å². The van der Waals surface area contributed by atoms with Crippen molar-refractivity contribution >= 4 is 31.9 Å². The standard InChI is InChI=1S/C16H12Br2N2/c17-14-11-15(18)20(19-14)16(12-7-3-1-4-8-12)13-9-5-2-6-10-13/h1-11,16H. The summed E-state index contributed by atoms with van der Waals surface area (Å²) in [4.78, 5) is 0. The molecular weight excluding hydrogens is 380 g/mol. The van der Waals surface area contributed by atoms with Crippen molar-refractivity contribution in [2.45, 2.75) is 6.04 Å². The highest BCUT2D eigenvalue weighted by Gasteiger charge is 2.19. The molecule has 0 saturated carbocycles. The van der Waals surface area contributed by atoms with Crippen LogP contribution >= 0.6 is 31.9 Å². The maximum Gasteiger partial charge on any atom is 0.129 e. The zero-order valence-electron chi connectivity index (χ0n) is 10.6. The molecular formula is C16H12Br2N2. The van der Waals surface area contributed by atoms with Gasteiger partial charge in [-0.25, -0.2) is 4.68 Å².